The monoisotopic (exact) mass is 372 g/mol. The molecule has 0 heterocycles. The number of hydrogen-bond donors (Lipinski definition) is 1. The van der Waals surface area contributed by atoms with E-state index in [1.54, 1.807) is 6.92 Å². The SMILES string of the molecule is COc1ccc(S(C)(=O)=O)cc1S(=O)(=O)N(C)C(C)CN.Cl. The summed E-state index contributed by atoms with van der Waals surface area (Å²) in [5.74, 6) is 0.0819. The number of rotatable bonds is 6. The van der Waals surface area contributed by atoms with Crippen LogP contribution in [0.1, 0.15) is 6.92 Å². The Kier molecular flexibility index (Phi) is 7.30. The number of ether oxygens (including phenoxy) is 1. The highest BCUT2D eigenvalue weighted by atomic mass is 35.5. The third-order valence-electron chi connectivity index (χ3n) is 3.18. The van der Waals surface area contributed by atoms with Crippen molar-refractivity contribution in [1.29, 1.82) is 0 Å². The molecule has 2 N–H and O–H groups in total. The molecule has 1 aromatic rings. The van der Waals surface area contributed by atoms with Gasteiger partial charge in [-0.25, -0.2) is 16.8 Å². The van der Waals surface area contributed by atoms with Crippen molar-refractivity contribution in [3.63, 3.8) is 0 Å². The van der Waals surface area contributed by atoms with Gasteiger partial charge in [0.15, 0.2) is 9.84 Å². The lowest BCUT2D eigenvalue weighted by molar-refractivity contribution is 0.380. The Hall–Kier alpha value is -0.870. The van der Waals surface area contributed by atoms with Gasteiger partial charge in [0, 0.05) is 25.9 Å². The smallest absolute Gasteiger partial charge is 0.246 e. The zero-order valence-corrected chi connectivity index (χ0v) is 15.3. The van der Waals surface area contributed by atoms with Crippen molar-refractivity contribution in [2.75, 3.05) is 27.0 Å². The summed E-state index contributed by atoms with van der Waals surface area (Å²) in [5, 5.41) is 0. The third-order valence-corrected chi connectivity index (χ3v) is 6.29. The molecule has 1 aromatic carbocycles. The minimum Gasteiger partial charge on any atom is -0.495 e. The predicted octanol–water partition coefficient (Wildman–Crippen LogP) is 0.488. The van der Waals surface area contributed by atoms with Crippen molar-refractivity contribution in [2.24, 2.45) is 5.73 Å². The molecule has 0 spiro atoms. The van der Waals surface area contributed by atoms with Gasteiger partial charge in [-0.2, -0.15) is 4.31 Å². The molecule has 0 radical (unpaired) electrons. The molecule has 0 saturated carbocycles. The minimum atomic E-state index is -3.91. The molecule has 0 aliphatic heterocycles. The Morgan fingerprint density at radius 2 is 1.82 bits per heavy atom. The summed E-state index contributed by atoms with van der Waals surface area (Å²) < 4.78 is 54.5. The highest BCUT2D eigenvalue weighted by molar-refractivity contribution is 7.91. The van der Waals surface area contributed by atoms with Gasteiger partial charge in [0.1, 0.15) is 10.6 Å². The van der Waals surface area contributed by atoms with E-state index >= 15 is 0 Å². The summed E-state index contributed by atoms with van der Waals surface area (Å²) in [7, 11) is -4.73. The second kappa shape index (κ2) is 7.60. The molecule has 7 nitrogen and oxygen atoms in total. The van der Waals surface area contributed by atoms with Crippen molar-refractivity contribution in [3.8, 4) is 5.75 Å². The van der Waals surface area contributed by atoms with E-state index in [0.29, 0.717) is 0 Å². The molecule has 0 aromatic heterocycles. The molecular weight excluding hydrogens is 352 g/mol. The molecule has 10 heteroatoms. The molecule has 0 fully saturated rings. The van der Waals surface area contributed by atoms with Gasteiger partial charge in [0.05, 0.1) is 12.0 Å². The first kappa shape index (κ1) is 21.1. The first-order chi connectivity index (χ1) is 9.55. The fraction of sp³-hybridized carbons (Fsp3) is 0.500. The molecule has 0 bridgehead atoms. The van der Waals surface area contributed by atoms with Crippen LogP contribution in [0.3, 0.4) is 0 Å². The number of benzene rings is 1. The lowest BCUT2D eigenvalue weighted by Crippen LogP contribution is -2.39. The maximum absolute atomic E-state index is 12.6. The summed E-state index contributed by atoms with van der Waals surface area (Å²) in [5.41, 5.74) is 5.48. The fourth-order valence-corrected chi connectivity index (χ4v) is 3.90. The average Bonchev–Trinajstić information content (AvgIpc) is 2.43. The molecule has 1 unspecified atom stereocenters. The van der Waals surface area contributed by atoms with Gasteiger partial charge in [-0.1, -0.05) is 0 Å². The number of halogens is 1. The molecule has 0 aliphatic carbocycles. The van der Waals surface area contributed by atoms with E-state index in [0.717, 1.165) is 16.6 Å². The predicted molar refractivity (Wildman–Crippen MR) is 86.8 cm³/mol. The minimum absolute atomic E-state index is 0. The molecule has 22 heavy (non-hydrogen) atoms. The van der Waals surface area contributed by atoms with Crippen LogP contribution in [0.5, 0.6) is 5.75 Å². The number of likely N-dealkylation sites (N-methyl/N-ethyl adjacent to an activating group) is 1. The highest BCUT2D eigenvalue weighted by Gasteiger charge is 2.29. The van der Waals surface area contributed by atoms with Crippen LogP contribution in [0, 0.1) is 0 Å². The second-order valence-electron chi connectivity index (χ2n) is 4.69. The van der Waals surface area contributed by atoms with Gasteiger partial charge in [0.2, 0.25) is 10.0 Å². The van der Waals surface area contributed by atoms with E-state index in [2.05, 4.69) is 0 Å². The Morgan fingerprint density at radius 1 is 1.27 bits per heavy atom. The maximum atomic E-state index is 12.6. The number of methoxy groups -OCH3 is 1. The van der Waals surface area contributed by atoms with Crippen LogP contribution in [0.25, 0.3) is 0 Å². The van der Waals surface area contributed by atoms with Gasteiger partial charge in [-0.3, -0.25) is 0 Å². The third kappa shape index (κ3) is 4.32. The number of nitrogens with two attached hydrogens (primary N) is 1. The van der Waals surface area contributed by atoms with Crippen LogP contribution < -0.4 is 10.5 Å². The van der Waals surface area contributed by atoms with E-state index < -0.39 is 25.9 Å². The average molecular weight is 373 g/mol. The number of hydrogen-bond acceptors (Lipinski definition) is 6. The lowest BCUT2D eigenvalue weighted by atomic mass is 10.3. The zero-order chi connectivity index (χ0) is 16.4. The molecule has 0 amide bonds. The lowest BCUT2D eigenvalue weighted by Gasteiger charge is -2.24. The summed E-state index contributed by atoms with van der Waals surface area (Å²) in [4.78, 5) is -0.286. The van der Waals surface area contributed by atoms with Crippen LogP contribution in [-0.4, -0.2) is 54.1 Å². The van der Waals surface area contributed by atoms with Gasteiger partial charge < -0.3 is 10.5 Å². The quantitative estimate of drug-likeness (QED) is 0.778. The van der Waals surface area contributed by atoms with E-state index in [-0.39, 0.29) is 34.5 Å². The molecule has 128 valence electrons. The van der Waals surface area contributed by atoms with Crippen LogP contribution >= 0.6 is 12.4 Å². The van der Waals surface area contributed by atoms with E-state index in [9.17, 15) is 16.8 Å². The first-order valence-electron chi connectivity index (χ1n) is 6.12. The van der Waals surface area contributed by atoms with Crippen LogP contribution in [-0.2, 0) is 19.9 Å². The van der Waals surface area contributed by atoms with Crippen molar-refractivity contribution in [2.45, 2.75) is 22.8 Å². The van der Waals surface area contributed by atoms with Crippen molar-refractivity contribution in [3.05, 3.63) is 18.2 Å². The Balaban J connectivity index is 0.00000441. The van der Waals surface area contributed by atoms with E-state index in [4.69, 9.17) is 10.5 Å². The standard InChI is InChI=1S/C12H20N2O5S2.ClH/c1-9(8-13)14(2)21(17,18)12-7-10(20(4,15)16)5-6-11(12)19-3;/h5-7,9H,8,13H2,1-4H3;1H. The van der Waals surface area contributed by atoms with Gasteiger partial charge in [-0.05, 0) is 25.1 Å². The Bertz CT molecular complexity index is 719. The summed E-state index contributed by atoms with van der Waals surface area (Å²) in [6.07, 6.45) is 1.01. The second-order valence-corrected chi connectivity index (χ2v) is 8.67. The van der Waals surface area contributed by atoms with E-state index in [1.807, 2.05) is 0 Å². The van der Waals surface area contributed by atoms with Crippen LogP contribution in [0.15, 0.2) is 28.0 Å². The largest absolute Gasteiger partial charge is 0.495 e. The summed E-state index contributed by atoms with van der Waals surface area (Å²) >= 11 is 0. The Labute approximate surface area is 137 Å². The van der Waals surface area contributed by atoms with Crippen molar-refractivity contribution in [1.82, 2.24) is 4.31 Å². The first-order valence-corrected chi connectivity index (χ1v) is 9.45. The zero-order valence-electron chi connectivity index (χ0n) is 12.8. The number of sulfone groups is 1. The van der Waals surface area contributed by atoms with Gasteiger partial charge in [0.25, 0.3) is 0 Å². The normalized spacial score (nSPS) is 13.5. The number of nitrogens with zero attached hydrogens (tertiary/aromatic N) is 1. The number of sulfonamides is 1. The van der Waals surface area contributed by atoms with Crippen LogP contribution in [0.4, 0.5) is 0 Å². The molecular formula is C12H21ClN2O5S2. The topological polar surface area (TPSA) is 107 Å². The maximum Gasteiger partial charge on any atom is 0.246 e. The molecule has 0 saturated heterocycles. The van der Waals surface area contributed by atoms with Crippen LogP contribution in [0.2, 0.25) is 0 Å². The van der Waals surface area contributed by atoms with Crippen molar-refractivity contribution >= 4 is 32.3 Å². The Morgan fingerprint density at radius 3 is 2.23 bits per heavy atom. The molecule has 1 atom stereocenters. The van der Waals surface area contributed by atoms with Gasteiger partial charge in [-0.15, -0.1) is 12.4 Å². The highest BCUT2D eigenvalue weighted by Crippen LogP contribution is 2.29. The molecule has 1 rings (SSSR count). The van der Waals surface area contributed by atoms with Crippen molar-refractivity contribution < 1.29 is 21.6 Å². The van der Waals surface area contributed by atoms with Gasteiger partial charge >= 0.3 is 0 Å². The fourth-order valence-electron chi connectivity index (χ4n) is 1.63. The summed E-state index contributed by atoms with van der Waals surface area (Å²) in [6.45, 7) is 1.80. The molecule has 0 aliphatic rings. The van der Waals surface area contributed by atoms with E-state index in [1.165, 1.54) is 26.3 Å². The summed E-state index contributed by atoms with van der Waals surface area (Å²) in [6, 6.07) is 3.30.